The van der Waals surface area contributed by atoms with Crippen LogP contribution >= 0.6 is 0 Å². The third-order valence-electron chi connectivity index (χ3n) is 7.08. The lowest BCUT2D eigenvalue weighted by atomic mass is 9.80. The van der Waals surface area contributed by atoms with Gasteiger partial charge in [0.05, 0.1) is 6.61 Å². The van der Waals surface area contributed by atoms with Crippen LogP contribution in [0.3, 0.4) is 0 Å². The van der Waals surface area contributed by atoms with Crippen molar-refractivity contribution in [3.8, 4) is 0 Å². The van der Waals surface area contributed by atoms with Crippen molar-refractivity contribution < 1.29 is 14.6 Å². The summed E-state index contributed by atoms with van der Waals surface area (Å²) >= 11 is 0. The summed E-state index contributed by atoms with van der Waals surface area (Å²) in [6, 6.07) is 9.32. The minimum absolute atomic E-state index is 0.0840. The lowest BCUT2D eigenvalue weighted by Crippen LogP contribution is -2.43. The topological polar surface area (TPSA) is 75.5 Å². The zero-order valence-electron chi connectivity index (χ0n) is 18.9. The molecule has 2 fully saturated rings. The van der Waals surface area contributed by atoms with Crippen LogP contribution in [-0.2, 0) is 21.6 Å². The second kappa shape index (κ2) is 11.0. The van der Waals surface area contributed by atoms with Crippen LogP contribution in [0.5, 0.6) is 0 Å². The van der Waals surface area contributed by atoms with Gasteiger partial charge in [0.1, 0.15) is 6.33 Å². The van der Waals surface area contributed by atoms with Gasteiger partial charge in [0.25, 0.3) is 0 Å². The summed E-state index contributed by atoms with van der Waals surface area (Å²) in [6.07, 6.45) is 13.2. The Balaban J connectivity index is 1.40. The molecule has 4 rings (SSSR count). The Morgan fingerprint density at radius 1 is 1.09 bits per heavy atom. The fourth-order valence-electron chi connectivity index (χ4n) is 5.34. The predicted molar refractivity (Wildman–Crippen MR) is 123 cm³/mol. The lowest BCUT2D eigenvalue weighted by Gasteiger charge is -2.32. The first kappa shape index (κ1) is 22.9. The largest absolute Gasteiger partial charge is 0.463 e. The van der Waals surface area contributed by atoms with Gasteiger partial charge in [-0.25, -0.2) is 14.8 Å². The van der Waals surface area contributed by atoms with E-state index in [1.54, 1.807) is 6.33 Å². The average molecular weight is 438 g/mol. The van der Waals surface area contributed by atoms with Gasteiger partial charge >= 0.3 is 5.97 Å². The molecule has 6 nitrogen and oxygen atoms in total. The molecule has 1 unspecified atom stereocenters. The molecule has 0 bridgehead atoms. The number of hydrogen-bond acceptors (Lipinski definition) is 6. The first-order chi connectivity index (χ1) is 15.7. The van der Waals surface area contributed by atoms with E-state index in [1.165, 1.54) is 12.8 Å². The molecule has 2 aromatic rings. The van der Waals surface area contributed by atoms with E-state index in [-0.39, 0.29) is 5.92 Å². The highest BCUT2D eigenvalue weighted by atomic mass is 16.5. The van der Waals surface area contributed by atoms with Gasteiger partial charge in [-0.3, -0.25) is 0 Å². The van der Waals surface area contributed by atoms with Crippen LogP contribution < -0.4 is 0 Å². The molecule has 0 spiro atoms. The number of likely N-dealkylation sites (tertiary alicyclic amines) is 1. The van der Waals surface area contributed by atoms with E-state index >= 15 is 0 Å². The second-order valence-corrected chi connectivity index (χ2v) is 9.36. The normalized spacial score (nSPS) is 20.2. The van der Waals surface area contributed by atoms with Gasteiger partial charge in [0, 0.05) is 24.9 Å². The van der Waals surface area contributed by atoms with Gasteiger partial charge in [-0.2, -0.15) is 0 Å². The van der Waals surface area contributed by atoms with Crippen molar-refractivity contribution in [2.75, 3.05) is 26.2 Å². The number of carbonyl (C=O) groups is 1. The number of carbonyl (C=O) groups excluding carboxylic acids is 1. The molecule has 1 aliphatic heterocycles. The van der Waals surface area contributed by atoms with Gasteiger partial charge in [-0.1, -0.05) is 43.2 Å². The number of esters is 1. The first-order valence-electron chi connectivity index (χ1n) is 12.1. The number of hydrogen-bond donors (Lipinski definition) is 1. The predicted octanol–water partition coefficient (Wildman–Crippen LogP) is 3.74. The van der Waals surface area contributed by atoms with Crippen molar-refractivity contribution in [1.29, 1.82) is 0 Å². The molecule has 6 heteroatoms. The van der Waals surface area contributed by atoms with Crippen LogP contribution in [-0.4, -0.2) is 52.2 Å². The van der Waals surface area contributed by atoms with Crippen LogP contribution in [0.15, 0.2) is 49.1 Å². The molecule has 2 atom stereocenters. The second-order valence-electron chi connectivity index (χ2n) is 9.36. The van der Waals surface area contributed by atoms with E-state index in [0.29, 0.717) is 18.1 Å². The van der Waals surface area contributed by atoms with E-state index < -0.39 is 11.6 Å². The molecule has 1 aromatic carbocycles. The highest BCUT2D eigenvalue weighted by Gasteiger charge is 2.47. The Morgan fingerprint density at radius 3 is 2.47 bits per heavy atom. The maximum Gasteiger partial charge on any atom is 0.343 e. The quantitative estimate of drug-likeness (QED) is 0.571. The maximum absolute atomic E-state index is 13.2. The Kier molecular flexibility index (Phi) is 7.87. The highest BCUT2D eigenvalue weighted by molar-refractivity contribution is 5.81. The highest BCUT2D eigenvalue weighted by Crippen LogP contribution is 2.41. The molecule has 32 heavy (non-hydrogen) atoms. The molecule has 1 saturated carbocycles. The van der Waals surface area contributed by atoms with E-state index in [2.05, 4.69) is 14.9 Å². The molecule has 0 amide bonds. The zero-order chi connectivity index (χ0) is 22.2. The number of rotatable bonds is 10. The summed E-state index contributed by atoms with van der Waals surface area (Å²) in [7, 11) is 0. The van der Waals surface area contributed by atoms with Crippen LogP contribution in [0.1, 0.15) is 56.1 Å². The summed E-state index contributed by atoms with van der Waals surface area (Å²) in [5.74, 6) is -0.235. The van der Waals surface area contributed by atoms with Crippen molar-refractivity contribution in [3.63, 3.8) is 0 Å². The summed E-state index contributed by atoms with van der Waals surface area (Å²) in [5.41, 5.74) is 0.192. The number of nitrogens with zero attached hydrogens (tertiary/aromatic N) is 3. The number of benzene rings is 1. The Morgan fingerprint density at radius 2 is 1.78 bits per heavy atom. The van der Waals surface area contributed by atoms with Gasteiger partial charge in [0.2, 0.25) is 0 Å². The summed E-state index contributed by atoms with van der Waals surface area (Å²) < 4.78 is 5.77. The zero-order valence-corrected chi connectivity index (χ0v) is 18.9. The van der Waals surface area contributed by atoms with Crippen molar-refractivity contribution >= 4 is 5.97 Å². The van der Waals surface area contributed by atoms with E-state index in [4.69, 9.17) is 4.74 Å². The first-order valence-corrected chi connectivity index (χ1v) is 12.1. The molecule has 1 N–H and O–H groups in total. The van der Waals surface area contributed by atoms with Crippen LogP contribution in [0.2, 0.25) is 0 Å². The molecular weight excluding hydrogens is 402 g/mol. The molecule has 172 valence electrons. The fourth-order valence-corrected chi connectivity index (χ4v) is 5.34. The van der Waals surface area contributed by atoms with E-state index in [1.807, 2.05) is 42.7 Å². The minimum Gasteiger partial charge on any atom is -0.463 e. The van der Waals surface area contributed by atoms with Crippen LogP contribution in [0.25, 0.3) is 0 Å². The van der Waals surface area contributed by atoms with Crippen molar-refractivity contribution in [2.45, 2.75) is 57.0 Å². The van der Waals surface area contributed by atoms with Crippen molar-refractivity contribution in [2.24, 2.45) is 11.8 Å². The standard InChI is InChI=1S/C26H35N3O3/c30-25(26(31,24-10-4-5-11-24)23-8-2-1-3-9-23)32-15-12-21(19-29-13-6-7-14-29)16-22-17-27-20-28-18-22/h1-3,8-9,17-18,20-21,24,31H,4-7,10-16,19H2/t21-,26?/m0/s1. The van der Waals surface area contributed by atoms with E-state index in [0.717, 1.165) is 63.7 Å². The maximum atomic E-state index is 13.2. The SMILES string of the molecule is O=C(OCC[C@@H](Cc1cncnc1)CN1CCCC1)C(O)(c1ccccc1)C1CCCC1. The third-order valence-corrected chi connectivity index (χ3v) is 7.08. The minimum atomic E-state index is -1.56. The Hall–Kier alpha value is -2.31. The monoisotopic (exact) mass is 437 g/mol. The Bertz CT molecular complexity index is 836. The smallest absolute Gasteiger partial charge is 0.343 e. The van der Waals surface area contributed by atoms with Gasteiger partial charge < -0.3 is 14.7 Å². The molecular formula is C26H35N3O3. The third kappa shape index (κ3) is 5.54. The van der Waals surface area contributed by atoms with Crippen molar-refractivity contribution in [1.82, 2.24) is 14.9 Å². The summed E-state index contributed by atoms with van der Waals surface area (Å²) in [6.45, 7) is 3.57. The van der Waals surface area contributed by atoms with Gasteiger partial charge in [0.15, 0.2) is 5.60 Å². The fraction of sp³-hybridized carbons (Fsp3) is 0.577. The molecule has 1 aliphatic carbocycles. The summed E-state index contributed by atoms with van der Waals surface area (Å²) in [4.78, 5) is 24.0. The number of aromatic nitrogens is 2. The van der Waals surface area contributed by atoms with Crippen LogP contribution in [0.4, 0.5) is 0 Å². The molecule has 1 saturated heterocycles. The average Bonchev–Trinajstić information content (AvgIpc) is 3.54. The number of aliphatic hydroxyl groups is 1. The van der Waals surface area contributed by atoms with Gasteiger partial charge in [-0.15, -0.1) is 0 Å². The molecule has 0 radical (unpaired) electrons. The number of ether oxygens (including phenoxy) is 1. The summed E-state index contributed by atoms with van der Waals surface area (Å²) in [5, 5.41) is 11.6. The molecule has 1 aromatic heterocycles. The molecule has 2 aliphatic rings. The molecule has 2 heterocycles. The lowest BCUT2D eigenvalue weighted by molar-refractivity contribution is -0.174. The van der Waals surface area contributed by atoms with Crippen LogP contribution in [0, 0.1) is 11.8 Å². The Labute approximate surface area is 191 Å². The van der Waals surface area contributed by atoms with E-state index in [9.17, 15) is 9.90 Å². The van der Waals surface area contributed by atoms with Crippen molar-refractivity contribution in [3.05, 3.63) is 60.2 Å². The van der Waals surface area contributed by atoms with Gasteiger partial charge in [-0.05, 0) is 68.7 Å².